The Hall–Kier alpha value is -2.27. The van der Waals surface area contributed by atoms with E-state index >= 15 is 0 Å². The molecule has 0 aliphatic heterocycles. The number of carbonyl (C=O) groups excluding carboxylic acids is 2. The number of carbonyl (C=O) groups is 2. The summed E-state index contributed by atoms with van der Waals surface area (Å²) in [6.07, 6.45) is 1.41. The zero-order chi connectivity index (χ0) is 16.9. The Labute approximate surface area is 140 Å². The first-order chi connectivity index (χ1) is 10.9. The molecule has 1 aromatic carbocycles. The molecule has 5 nitrogen and oxygen atoms in total. The fourth-order valence-corrected chi connectivity index (χ4v) is 2.24. The van der Waals surface area contributed by atoms with E-state index in [1.165, 1.54) is 12.3 Å². The van der Waals surface area contributed by atoms with Crippen LogP contribution in [-0.2, 0) is 10.2 Å². The fraction of sp³-hybridized carbons (Fsp3) is 0.294. The summed E-state index contributed by atoms with van der Waals surface area (Å²) in [4.78, 5) is 23.6. The highest BCUT2D eigenvalue weighted by molar-refractivity contribution is 6.30. The topological polar surface area (TPSA) is 71.3 Å². The van der Waals surface area contributed by atoms with E-state index in [4.69, 9.17) is 16.0 Å². The minimum Gasteiger partial charge on any atom is -0.459 e. The van der Waals surface area contributed by atoms with E-state index in [0.717, 1.165) is 5.56 Å². The summed E-state index contributed by atoms with van der Waals surface area (Å²) in [5.74, 6) is -0.503. The summed E-state index contributed by atoms with van der Waals surface area (Å²) in [7, 11) is 0. The number of benzene rings is 1. The van der Waals surface area contributed by atoms with E-state index in [-0.39, 0.29) is 23.6 Å². The molecule has 122 valence electrons. The lowest BCUT2D eigenvalue weighted by Crippen LogP contribution is -2.42. The van der Waals surface area contributed by atoms with Crippen molar-refractivity contribution in [1.29, 1.82) is 0 Å². The molecule has 23 heavy (non-hydrogen) atoms. The smallest absolute Gasteiger partial charge is 0.287 e. The molecule has 2 N–H and O–H groups in total. The monoisotopic (exact) mass is 334 g/mol. The third-order valence-corrected chi connectivity index (χ3v) is 3.72. The Morgan fingerprint density at radius 3 is 2.61 bits per heavy atom. The average Bonchev–Trinajstić information content (AvgIpc) is 3.05. The van der Waals surface area contributed by atoms with Crippen LogP contribution in [0.15, 0.2) is 47.1 Å². The Bertz CT molecular complexity index is 681. The molecule has 0 atom stereocenters. The van der Waals surface area contributed by atoms with Gasteiger partial charge >= 0.3 is 0 Å². The summed E-state index contributed by atoms with van der Waals surface area (Å²) < 4.78 is 4.95. The Kier molecular flexibility index (Phi) is 5.45. The predicted molar refractivity (Wildman–Crippen MR) is 88.5 cm³/mol. The van der Waals surface area contributed by atoms with Crippen LogP contribution in [-0.4, -0.2) is 24.9 Å². The first kappa shape index (κ1) is 17.1. The van der Waals surface area contributed by atoms with Gasteiger partial charge in [-0.25, -0.2) is 0 Å². The average molecular weight is 335 g/mol. The van der Waals surface area contributed by atoms with Crippen molar-refractivity contribution < 1.29 is 14.0 Å². The number of halogens is 1. The van der Waals surface area contributed by atoms with Crippen LogP contribution in [0.3, 0.4) is 0 Å². The molecule has 0 saturated carbocycles. The summed E-state index contributed by atoms with van der Waals surface area (Å²) in [6.45, 7) is 4.36. The number of furan rings is 1. The normalized spacial score (nSPS) is 11.1. The van der Waals surface area contributed by atoms with Crippen molar-refractivity contribution in [3.63, 3.8) is 0 Å². The maximum Gasteiger partial charge on any atom is 0.287 e. The number of nitrogens with one attached hydrogen (secondary N) is 2. The predicted octanol–water partition coefficient (Wildman–Crippen LogP) is 2.76. The van der Waals surface area contributed by atoms with Crippen LogP contribution in [0.5, 0.6) is 0 Å². The summed E-state index contributed by atoms with van der Waals surface area (Å²) in [5.41, 5.74) is 0.760. The molecule has 1 heterocycles. The van der Waals surface area contributed by atoms with E-state index in [0.29, 0.717) is 11.6 Å². The van der Waals surface area contributed by atoms with Crippen molar-refractivity contribution in [1.82, 2.24) is 10.6 Å². The van der Waals surface area contributed by atoms with E-state index < -0.39 is 5.91 Å². The summed E-state index contributed by atoms with van der Waals surface area (Å²) >= 11 is 6.00. The van der Waals surface area contributed by atoms with Crippen LogP contribution in [0.1, 0.15) is 30.0 Å². The van der Waals surface area contributed by atoms with Gasteiger partial charge in [0, 0.05) is 17.0 Å². The molecule has 0 bridgehead atoms. The molecule has 6 heteroatoms. The molecule has 0 aliphatic rings. The van der Waals surface area contributed by atoms with Gasteiger partial charge < -0.3 is 15.1 Å². The lowest BCUT2D eigenvalue weighted by atomic mass is 9.84. The summed E-state index contributed by atoms with van der Waals surface area (Å²) in [6, 6.07) is 10.7. The second-order valence-corrected chi connectivity index (χ2v) is 6.27. The van der Waals surface area contributed by atoms with Crippen molar-refractivity contribution in [3.05, 3.63) is 59.0 Å². The molecule has 0 radical (unpaired) electrons. The lowest BCUT2D eigenvalue weighted by molar-refractivity contribution is -0.120. The van der Waals surface area contributed by atoms with Gasteiger partial charge in [0.1, 0.15) is 0 Å². The molecule has 0 spiro atoms. The van der Waals surface area contributed by atoms with Gasteiger partial charge in [0.15, 0.2) is 5.76 Å². The maximum atomic E-state index is 11.9. The largest absolute Gasteiger partial charge is 0.459 e. The first-order valence-electron chi connectivity index (χ1n) is 7.23. The molecule has 0 unspecified atom stereocenters. The highest BCUT2D eigenvalue weighted by atomic mass is 35.5. The zero-order valence-electron chi connectivity index (χ0n) is 13.1. The van der Waals surface area contributed by atoms with Crippen LogP contribution in [0, 0.1) is 0 Å². The first-order valence-corrected chi connectivity index (χ1v) is 7.61. The Morgan fingerprint density at radius 1 is 1.17 bits per heavy atom. The Balaban J connectivity index is 1.82. The molecule has 0 fully saturated rings. The maximum absolute atomic E-state index is 11.9. The van der Waals surface area contributed by atoms with Gasteiger partial charge in [0.25, 0.3) is 5.91 Å². The zero-order valence-corrected chi connectivity index (χ0v) is 13.8. The van der Waals surface area contributed by atoms with E-state index in [1.807, 2.05) is 38.1 Å². The lowest BCUT2D eigenvalue weighted by Gasteiger charge is -2.26. The molecule has 2 rings (SSSR count). The van der Waals surface area contributed by atoms with Crippen molar-refractivity contribution in [3.8, 4) is 0 Å². The quantitative estimate of drug-likeness (QED) is 0.853. The highest BCUT2D eigenvalue weighted by Crippen LogP contribution is 2.24. The van der Waals surface area contributed by atoms with Crippen molar-refractivity contribution in [2.75, 3.05) is 13.1 Å². The molecule has 2 amide bonds. The Morgan fingerprint density at radius 2 is 1.96 bits per heavy atom. The second kappa shape index (κ2) is 7.33. The van der Waals surface area contributed by atoms with E-state index in [1.54, 1.807) is 6.07 Å². The number of hydrogen-bond donors (Lipinski definition) is 2. The summed E-state index contributed by atoms with van der Waals surface area (Å²) in [5, 5.41) is 5.98. The minimum absolute atomic E-state index is 0.106. The van der Waals surface area contributed by atoms with Gasteiger partial charge in [-0.1, -0.05) is 37.6 Å². The number of rotatable bonds is 6. The molecular formula is C17H19ClN2O3. The third kappa shape index (κ3) is 4.86. The molecular weight excluding hydrogens is 316 g/mol. The van der Waals surface area contributed by atoms with Gasteiger partial charge in [-0.2, -0.15) is 0 Å². The van der Waals surface area contributed by atoms with Gasteiger partial charge in [0.2, 0.25) is 5.91 Å². The number of hydrogen-bond acceptors (Lipinski definition) is 3. The molecule has 1 aromatic heterocycles. The fourth-order valence-electron chi connectivity index (χ4n) is 2.05. The molecule has 2 aromatic rings. The SMILES string of the molecule is CC(C)(CNC(=O)CNC(=O)c1ccco1)c1cccc(Cl)c1. The van der Waals surface area contributed by atoms with E-state index in [2.05, 4.69) is 10.6 Å². The van der Waals surface area contributed by atoms with Gasteiger partial charge in [-0.3, -0.25) is 9.59 Å². The van der Waals surface area contributed by atoms with Crippen molar-refractivity contribution in [2.24, 2.45) is 0 Å². The van der Waals surface area contributed by atoms with Crippen LogP contribution >= 0.6 is 11.6 Å². The van der Waals surface area contributed by atoms with E-state index in [9.17, 15) is 9.59 Å². The van der Waals surface area contributed by atoms with Gasteiger partial charge in [0.05, 0.1) is 12.8 Å². The molecule has 0 saturated heterocycles. The third-order valence-electron chi connectivity index (χ3n) is 3.49. The second-order valence-electron chi connectivity index (χ2n) is 5.83. The van der Waals surface area contributed by atoms with Gasteiger partial charge in [-0.05, 0) is 29.8 Å². The van der Waals surface area contributed by atoms with Gasteiger partial charge in [-0.15, -0.1) is 0 Å². The number of amides is 2. The standard InChI is InChI=1S/C17H19ClN2O3/c1-17(2,12-5-3-6-13(18)9-12)11-20-15(21)10-19-16(22)14-7-4-8-23-14/h3-9H,10-11H2,1-2H3,(H,19,22)(H,20,21). The van der Waals surface area contributed by atoms with Crippen LogP contribution in [0.2, 0.25) is 5.02 Å². The van der Waals surface area contributed by atoms with Crippen LogP contribution in [0.25, 0.3) is 0 Å². The molecule has 0 aliphatic carbocycles. The van der Waals surface area contributed by atoms with Crippen LogP contribution < -0.4 is 10.6 Å². The van der Waals surface area contributed by atoms with Crippen molar-refractivity contribution in [2.45, 2.75) is 19.3 Å². The highest BCUT2D eigenvalue weighted by Gasteiger charge is 2.21. The van der Waals surface area contributed by atoms with Crippen LogP contribution in [0.4, 0.5) is 0 Å². The minimum atomic E-state index is -0.417. The van der Waals surface area contributed by atoms with Crippen molar-refractivity contribution >= 4 is 23.4 Å².